The van der Waals surface area contributed by atoms with Crippen LogP contribution in [0.4, 0.5) is 0 Å². The number of hydrogen-bond acceptors (Lipinski definition) is 5. The van der Waals surface area contributed by atoms with Gasteiger partial charge in [-0.05, 0) is 50.5 Å². The molecule has 1 aromatic carbocycles. The van der Waals surface area contributed by atoms with Gasteiger partial charge in [0, 0.05) is 11.7 Å². The Hall–Kier alpha value is -3.09. The van der Waals surface area contributed by atoms with Gasteiger partial charge in [0.15, 0.2) is 17.1 Å². The molecular formula is C23H28N4O3. The molecule has 0 saturated heterocycles. The molecular weight excluding hydrogens is 380 g/mol. The number of ether oxygens (including phenoxy) is 2. The highest BCUT2D eigenvalue weighted by atomic mass is 16.6. The van der Waals surface area contributed by atoms with Gasteiger partial charge in [-0.25, -0.2) is 9.67 Å². The van der Waals surface area contributed by atoms with Crippen molar-refractivity contribution in [1.82, 2.24) is 20.1 Å². The van der Waals surface area contributed by atoms with Gasteiger partial charge in [-0.2, -0.15) is 5.10 Å². The van der Waals surface area contributed by atoms with E-state index in [0.29, 0.717) is 18.8 Å². The van der Waals surface area contributed by atoms with Crippen LogP contribution in [0.2, 0.25) is 0 Å². The van der Waals surface area contributed by atoms with E-state index in [-0.39, 0.29) is 23.9 Å². The van der Waals surface area contributed by atoms with Gasteiger partial charge in [0.05, 0.1) is 23.2 Å². The predicted molar refractivity (Wildman–Crippen MR) is 115 cm³/mol. The molecule has 1 aliphatic rings. The zero-order valence-corrected chi connectivity index (χ0v) is 18.1. The molecule has 0 bridgehead atoms. The lowest BCUT2D eigenvalue weighted by atomic mass is 9.95. The molecule has 3 aromatic rings. The van der Waals surface area contributed by atoms with Gasteiger partial charge in [-0.3, -0.25) is 4.79 Å². The Kier molecular flexibility index (Phi) is 5.37. The third-order valence-electron chi connectivity index (χ3n) is 5.31. The Bertz CT molecular complexity index is 1090. The third kappa shape index (κ3) is 3.72. The Morgan fingerprint density at radius 1 is 1.10 bits per heavy atom. The summed E-state index contributed by atoms with van der Waals surface area (Å²) in [5.41, 5.74) is 3.10. The molecule has 7 nitrogen and oxygen atoms in total. The Balaban J connectivity index is 1.68. The first-order chi connectivity index (χ1) is 14.3. The van der Waals surface area contributed by atoms with Crippen LogP contribution in [0, 0.1) is 12.8 Å². The minimum absolute atomic E-state index is 0.137. The number of amides is 1. The van der Waals surface area contributed by atoms with Crippen molar-refractivity contribution in [3.63, 3.8) is 0 Å². The summed E-state index contributed by atoms with van der Waals surface area (Å²) in [5.74, 6) is 1.51. The summed E-state index contributed by atoms with van der Waals surface area (Å²) in [5, 5.41) is 8.42. The molecule has 3 heterocycles. The summed E-state index contributed by atoms with van der Waals surface area (Å²) < 4.78 is 13.2. The molecule has 2 aromatic heterocycles. The molecule has 0 radical (unpaired) electrons. The van der Waals surface area contributed by atoms with Crippen LogP contribution in [-0.2, 0) is 0 Å². The van der Waals surface area contributed by atoms with E-state index in [9.17, 15) is 4.79 Å². The quantitative estimate of drug-likeness (QED) is 0.684. The maximum Gasteiger partial charge on any atom is 0.252 e. The lowest BCUT2D eigenvalue weighted by molar-refractivity contribution is 0.0927. The van der Waals surface area contributed by atoms with Crippen molar-refractivity contribution in [3.8, 4) is 11.5 Å². The van der Waals surface area contributed by atoms with Gasteiger partial charge in [0.2, 0.25) is 0 Å². The first-order valence-corrected chi connectivity index (χ1v) is 10.4. The maximum atomic E-state index is 13.3. The number of hydrogen-bond donors (Lipinski definition) is 1. The third-order valence-corrected chi connectivity index (χ3v) is 5.31. The van der Waals surface area contributed by atoms with Crippen LogP contribution in [-0.4, -0.2) is 33.9 Å². The molecule has 30 heavy (non-hydrogen) atoms. The van der Waals surface area contributed by atoms with Crippen LogP contribution in [0.15, 0.2) is 30.5 Å². The molecule has 0 spiro atoms. The van der Waals surface area contributed by atoms with Crippen LogP contribution >= 0.6 is 0 Å². The largest absolute Gasteiger partial charge is 0.486 e. The number of fused-ring (bicyclic) bond motifs is 2. The van der Waals surface area contributed by atoms with Crippen LogP contribution < -0.4 is 14.8 Å². The molecule has 1 aliphatic heterocycles. The summed E-state index contributed by atoms with van der Waals surface area (Å²) in [6.45, 7) is 11.3. The normalized spacial score (nSPS) is 14.4. The molecule has 158 valence electrons. The van der Waals surface area contributed by atoms with E-state index < -0.39 is 0 Å². The van der Waals surface area contributed by atoms with Gasteiger partial charge in [0.1, 0.15) is 13.2 Å². The summed E-state index contributed by atoms with van der Waals surface area (Å²) >= 11 is 0. The van der Waals surface area contributed by atoms with Gasteiger partial charge >= 0.3 is 0 Å². The van der Waals surface area contributed by atoms with E-state index in [2.05, 4.69) is 29.2 Å². The van der Waals surface area contributed by atoms with Crippen molar-refractivity contribution in [2.75, 3.05) is 13.2 Å². The molecule has 1 amide bonds. The molecule has 0 aliphatic carbocycles. The number of carbonyl (C=O) groups excluding carboxylic acids is 1. The van der Waals surface area contributed by atoms with Crippen LogP contribution in [0.3, 0.4) is 0 Å². The van der Waals surface area contributed by atoms with Gasteiger partial charge in [-0.15, -0.1) is 0 Å². The molecule has 1 N–H and O–H groups in total. The Labute approximate surface area is 176 Å². The Morgan fingerprint density at radius 3 is 2.53 bits per heavy atom. The minimum atomic E-state index is -0.169. The van der Waals surface area contributed by atoms with E-state index in [1.807, 2.05) is 49.7 Å². The fraction of sp³-hybridized carbons (Fsp3) is 0.435. The van der Waals surface area contributed by atoms with E-state index in [0.717, 1.165) is 33.8 Å². The first kappa shape index (κ1) is 20.2. The molecule has 1 atom stereocenters. The molecule has 0 fully saturated rings. The lowest BCUT2D eigenvalue weighted by Gasteiger charge is -2.25. The number of aryl methyl sites for hydroxylation is 1. The fourth-order valence-corrected chi connectivity index (χ4v) is 3.82. The lowest BCUT2D eigenvalue weighted by Crippen LogP contribution is -2.32. The van der Waals surface area contributed by atoms with Crippen molar-refractivity contribution >= 4 is 16.9 Å². The standard InChI is InChI=1S/C23H28N4O3/c1-13(2)21(16-6-7-19-20(11-16)30-9-8-29-19)26-23(28)17-10-15(5)25-22-18(17)12-24-27(22)14(3)4/h6-7,10-14,21H,8-9H2,1-5H3,(H,26,28)/t21-/m0/s1. The second-order valence-corrected chi connectivity index (χ2v) is 8.33. The van der Waals surface area contributed by atoms with E-state index in [1.54, 1.807) is 6.20 Å². The van der Waals surface area contributed by atoms with Crippen molar-refractivity contribution in [2.24, 2.45) is 5.92 Å². The number of benzene rings is 1. The highest BCUT2D eigenvalue weighted by molar-refractivity contribution is 6.05. The molecule has 0 unspecified atom stereocenters. The Morgan fingerprint density at radius 2 is 1.83 bits per heavy atom. The number of carbonyl (C=O) groups is 1. The summed E-state index contributed by atoms with van der Waals surface area (Å²) in [7, 11) is 0. The van der Waals surface area contributed by atoms with Crippen LogP contribution in [0.5, 0.6) is 11.5 Å². The van der Waals surface area contributed by atoms with Crippen LogP contribution in [0.1, 0.15) is 61.4 Å². The van der Waals surface area contributed by atoms with Crippen molar-refractivity contribution in [2.45, 2.75) is 46.7 Å². The zero-order valence-electron chi connectivity index (χ0n) is 18.1. The number of aromatic nitrogens is 3. The second-order valence-electron chi connectivity index (χ2n) is 8.33. The van der Waals surface area contributed by atoms with Crippen molar-refractivity contribution < 1.29 is 14.3 Å². The smallest absolute Gasteiger partial charge is 0.252 e. The molecule has 4 rings (SSSR count). The number of rotatable bonds is 5. The highest BCUT2D eigenvalue weighted by Gasteiger charge is 2.24. The monoisotopic (exact) mass is 408 g/mol. The van der Waals surface area contributed by atoms with Gasteiger partial charge in [-0.1, -0.05) is 19.9 Å². The number of nitrogens with zero attached hydrogens (tertiary/aromatic N) is 3. The zero-order chi connectivity index (χ0) is 21.4. The molecule has 0 saturated carbocycles. The summed E-state index contributed by atoms with van der Waals surface area (Å²) in [6.07, 6.45) is 1.73. The van der Waals surface area contributed by atoms with Crippen LogP contribution in [0.25, 0.3) is 11.0 Å². The summed E-state index contributed by atoms with van der Waals surface area (Å²) in [6, 6.07) is 7.68. The van der Waals surface area contributed by atoms with E-state index >= 15 is 0 Å². The SMILES string of the molecule is Cc1cc(C(=O)N[C@H](c2ccc3c(c2)OCCO3)C(C)C)c2cnn(C(C)C)c2n1. The second kappa shape index (κ2) is 7.97. The number of pyridine rings is 1. The topological polar surface area (TPSA) is 78.3 Å². The predicted octanol–water partition coefficient (Wildman–Crippen LogP) is 4.22. The van der Waals surface area contributed by atoms with Crippen molar-refractivity contribution in [1.29, 1.82) is 0 Å². The van der Waals surface area contributed by atoms with E-state index in [1.165, 1.54) is 0 Å². The number of nitrogens with one attached hydrogen (secondary N) is 1. The fourth-order valence-electron chi connectivity index (χ4n) is 3.82. The minimum Gasteiger partial charge on any atom is -0.486 e. The first-order valence-electron chi connectivity index (χ1n) is 10.4. The average Bonchev–Trinajstić information content (AvgIpc) is 3.14. The van der Waals surface area contributed by atoms with E-state index in [4.69, 9.17) is 9.47 Å². The summed E-state index contributed by atoms with van der Waals surface area (Å²) in [4.78, 5) is 17.9. The van der Waals surface area contributed by atoms with Crippen molar-refractivity contribution in [3.05, 3.63) is 47.3 Å². The van der Waals surface area contributed by atoms with Gasteiger partial charge in [0.25, 0.3) is 5.91 Å². The highest BCUT2D eigenvalue weighted by Crippen LogP contribution is 2.34. The maximum absolute atomic E-state index is 13.3. The average molecular weight is 409 g/mol. The van der Waals surface area contributed by atoms with Gasteiger partial charge < -0.3 is 14.8 Å². The molecule has 7 heteroatoms.